The van der Waals surface area contributed by atoms with Gasteiger partial charge in [-0.3, -0.25) is 9.78 Å². The van der Waals surface area contributed by atoms with Crippen LogP contribution in [0.5, 0.6) is 0 Å². The molecule has 0 unspecified atom stereocenters. The number of rotatable bonds is 4. The molecule has 1 N–H and O–H groups in total. The minimum absolute atomic E-state index is 0.00579. The summed E-state index contributed by atoms with van der Waals surface area (Å²) in [4.78, 5) is 16.5. The summed E-state index contributed by atoms with van der Waals surface area (Å²) in [7, 11) is 0. The second-order valence-electron chi connectivity index (χ2n) is 5.55. The molecule has 1 aromatic carbocycles. The van der Waals surface area contributed by atoms with E-state index in [9.17, 15) is 4.79 Å². The molecule has 20 heavy (non-hydrogen) atoms. The Bertz CT molecular complexity index is 591. The molecule has 0 fully saturated rings. The maximum atomic E-state index is 12.2. The largest absolute Gasteiger partial charge is 0.345 e. The summed E-state index contributed by atoms with van der Waals surface area (Å²) < 4.78 is 0. The maximum absolute atomic E-state index is 12.2. The van der Waals surface area contributed by atoms with Gasteiger partial charge in [0.1, 0.15) is 0 Å². The molecule has 0 aliphatic carbocycles. The van der Waals surface area contributed by atoms with Gasteiger partial charge in [0.2, 0.25) is 5.91 Å². The average molecular weight is 268 g/mol. The molecule has 0 aliphatic heterocycles. The fraction of sp³-hybridized carbons (Fsp3) is 0.294. The number of carbonyl (C=O) groups is 1. The first-order valence-corrected chi connectivity index (χ1v) is 6.75. The van der Waals surface area contributed by atoms with E-state index >= 15 is 0 Å². The van der Waals surface area contributed by atoms with Crippen molar-refractivity contribution >= 4 is 5.91 Å². The number of benzene rings is 1. The van der Waals surface area contributed by atoms with Crippen LogP contribution < -0.4 is 5.32 Å². The number of hydrogen-bond acceptors (Lipinski definition) is 2. The summed E-state index contributed by atoms with van der Waals surface area (Å²) in [5.74, 6) is 0.00579. The van der Waals surface area contributed by atoms with Crippen LogP contribution >= 0.6 is 0 Å². The molecule has 1 heterocycles. The molecule has 1 aromatic heterocycles. The van der Waals surface area contributed by atoms with Gasteiger partial charge in [0, 0.05) is 6.20 Å². The third kappa shape index (κ3) is 3.67. The van der Waals surface area contributed by atoms with Crippen LogP contribution in [-0.2, 0) is 16.8 Å². The molecule has 0 atom stereocenters. The second-order valence-corrected chi connectivity index (χ2v) is 5.55. The summed E-state index contributed by atoms with van der Waals surface area (Å²) >= 11 is 0. The maximum Gasteiger partial charge on any atom is 0.225 e. The highest BCUT2D eigenvalue weighted by Gasteiger charge is 2.23. The Balaban J connectivity index is 2.04. The van der Waals surface area contributed by atoms with Crippen LogP contribution in [0.15, 0.2) is 48.7 Å². The number of hydrogen-bond donors (Lipinski definition) is 1. The van der Waals surface area contributed by atoms with E-state index in [1.807, 2.05) is 63.2 Å². The van der Waals surface area contributed by atoms with Gasteiger partial charge in [-0.25, -0.2) is 0 Å². The first-order chi connectivity index (χ1) is 9.47. The first-order valence-electron chi connectivity index (χ1n) is 6.75. The van der Waals surface area contributed by atoms with Crippen LogP contribution in [0.25, 0.3) is 0 Å². The van der Waals surface area contributed by atoms with Gasteiger partial charge in [-0.2, -0.15) is 0 Å². The van der Waals surface area contributed by atoms with Crippen molar-refractivity contribution in [1.82, 2.24) is 10.3 Å². The number of carbonyl (C=O) groups excluding carboxylic acids is 1. The Morgan fingerprint density at radius 3 is 2.65 bits per heavy atom. The molecule has 0 saturated heterocycles. The fourth-order valence-corrected chi connectivity index (χ4v) is 2.20. The number of nitrogens with one attached hydrogen (secondary N) is 1. The average Bonchev–Trinajstić information content (AvgIpc) is 2.39. The summed E-state index contributed by atoms with van der Waals surface area (Å²) in [5, 5.41) is 3.04. The minimum atomic E-state index is -0.470. The monoisotopic (exact) mass is 268 g/mol. The molecule has 0 saturated carbocycles. The van der Waals surface area contributed by atoms with E-state index in [0.29, 0.717) is 6.42 Å². The minimum Gasteiger partial charge on any atom is -0.345 e. The summed E-state index contributed by atoms with van der Waals surface area (Å²) in [6.45, 7) is 5.95. The van der Waals surface area contributed by atoms with Crippen molar-refractivity contribution in [1.29, 1.82) is 0 Å². The highest BCUT2D eigenvalue weighted by atomic mass is 16.1. The predicted molar refractivity (Wildman–Crippen MR) is 80.3 cm³/mol. The van der Waals surface area contributed by atoms with Crippen molar-refractivity contribution in [2.75, 3.05) is 0 Å². The van der Waals surface area contributed by atoms with Crippen LogP contribution in [0.3, 0.4) is 0 Å². The van der Waals surface area contributed by atoms with Gasteiger partial charge in [0.25, 0.3) is 0 Å². The molecule has 2 aromatic rings. The third-order valence-corrected chi connectivity index (χ3v) is 3.20. The van der Waals surface area contributed by atoms with Crippen LogP contribution in [0.4, 0.5) is 0 Å². The lowest BCUT2D eigenvalue weighted by atomic mass is 9.99. The molecule has 2 rings (SSSR count). The van der Waals surface area contributed by atoms with Crippen LogP contribution in [-0.4, -0.2) is 10.9 Å². The molecular formula is C17H20N2O. The SMILES string of the molecule is Cc1cccc(CC(=O)NC(C)(C)c2ccccn2)c1. The van der Waals surface area contributed by atoms with Gasteiger partial charge in [0.15, 0.2) is 0 Å². The summed E-state index contributed by atoms with van der Waals surface area (Å²) in [6.07, 6.45) is 2.13. The number of nitrogens with zero attached hydrogens (tertiary/aromatic N) is 1. The van der Waals surface area contributed by atoms with Crippen LogP contribution in [0.1, 0.15) is 30.7 Å². The standard InChI is InChI=1S/C17H20N2O/c1-13-7-6-8-14(11-13)12-16(20)19-17(2,3)15-9-4-5-10-18-15/h4-11H,12H2,1-3H3,(H,19,20). The Labute approximate surface area is 120 Å². The highest BCUT2D eigenvalue weighted by Crippen LogP contribution is 2.17. The number of pyridine rings is 1. The zero-order valence-corrected chi connectivity index (χ0v) is 12.2. The molecule has 0 spiro atoms. The van der Waals surface area contributed by atoms with Gasteiger partial charge >= 0.3 is 0 Å². The van der Waals surface area contributed by atoms with Crippen molar-refractivity contribution in [2.24, 2.45) is 0 Å². The van der Waals surface area contributed by atoms with Crippen molar-refractivity contribution in [3.8, 4) is 0 Å². The number of amides is 1. The summed E-state index contributed by atoms with van der Waals surface area (Å²) in [5.41, 5.74) is 2.58. The van der Waals surface area contributed by atoms with Gasteiger partial charge in [-0.15, -0.1) is 0 Å². The van der Waals surface area contributed by atoms with Crippen molar-refractivity contribution < 1.29 is 4.79 Å². The first kappa shape index (κ1) is 14.3. The van der Waals surface area contributed by atoms with E-state index in [1.165, 1.54) is 5.56 Å². The normalized spacial score (nSPS) is 11.2. The predicted octanol–water partition coefficient (Wildman–Crippen LogP) is 2.98. The summed E-state index contributed by atoms with van der Waals surface area (Å²) in [6, 6.07) is 13.7. The molecule has 0 aliphatic rings. The van der Waals surface area contributed by atoms with Crippen molar-refractivity contribution in [3.63, 3.8) is 0 Å². The van der Waals surface area contributed by atoms with E-state index in [4.69, 9.17) is 0 Å². The van der Waals surface area contributed by atoms with Gasteiger partial charge < -0.3 is 5.32 Å². The highest BCUT2D eigenvalue weighted by molar-refractivity contribution is 5.79. The lowest BCUT2D eigenvalue weighted by molar-refractivity contribution is -0.122. The molecule has 1 amide bonds. The van der Waals surface area contributed by atoms with E-state index in [2.05, 4.69) is 10.3 Å². The number of aryl methyl sites for hydroxylation is 1. The Morgan fingerprint density at radius 1 is 1.20 bits per heavy atom. The lowest BCUT2D eigenvalue weighted by Gasteiger charge is -2.25. The van der Waals surface area contributed by atoms with Gasteiger partial charge in [-0.1, -0.05) is 35.9 Å². The second kappa shape index (κ2) is 5.87. The Morgan fingerprint density at radius 2 is 2.00 bits per heavy atom. The molecule has 0 radical (unpaired) electrons. The van der Waals surface area contributed by atoms with E-state index < -0.39 is 5.54 Å². The van der Waals surface area contributed by atoms with E-state index in [1.54, 1.807) is 6.20 Å². The third-order valence-electron chi connectivity index (χ3n) is 3.20. The van der Waals surface area contributed by atoms with E-state index in [-0.39, 0.29) is 5.91 Å². The van der Waals surface area contributed by atoms with Gasteiger partial charge in [0.05, 0.1) is 17.7 Å². The van der Waals surface area contributed by atoms with Gasteiger partial charge in [-0.05, 0) is 38.5 Å². The Kier molecular flexibility index (Phi) is 4.18. The van der Waals surface area contributed by atoms with Crippen LogP contribution in [0.2, 0.25) is 0 Å². The Hall–Kier alpha value is -2.16. The molecule has 3 nitrogen and oxygen atoms in total. The van der Waals surface area contributed by atoms with Crippen molar-refractivity contribution in [2.45, 2.75) is 32.7 Å². The van der Waals surface area contributed by atoms with Crippen molar-refractivity contribution in [3.05, 3.63) is 65.5 Å². The van der Waals surface area contributed by atoms with E-state index in [0.717, 1.165) is 11.3 Å². The molecule has 104 valence electrons. The van der Waals surface area contributed by atoms with Crippen LogP contribution in [0, 0.1) is 6.92 Å². The molecular weight excluding hydrogens is 248 g/mol. The molecule has 3 heteroatoms. The fourth-order valence-electron chi connectivity index (χ4n) is 2.20. The zero-order chi connectivity index (χ0) is 14.6. The zero-order valence-electron chi connectivity index (χ0n) is 12.2. The smallest absolute Gasteiger partial charge is 0.225 e. The quantitative estimate of drug-likeness (QED) is 0.926. The topological polar surface area (TPSA) is 42.0 Å². The lowest BCUT2D eigenvalue weighted by Crippen LogP contribution is -2.42. The molecule has 0 bridgehead atoms. The number of aromatic nitrogens is 1.